The van der Waals surface area contributed by atoms with Crippen molar-refractivity contribution in [2.45, 2.75) is 64.3 Å². The van der Waals surface area contributed by atoms with Crippen molar-refractivity contribution in [1.29, 1.82) is 0 Å². The van der Waals surface area contributed by atoms with Gasteiger partial charge in [-0.05, 0) is 31.1 Å². The lowest BCUT2D eigenvalue weighted by molar-refractivity contribution is 0.152. The third-order valence-corrected chi connectivity index (χ3v) is 4.95. The third-order valence-electron chi connectivity index (χ3n) is 4.95. The Kier molecular flexibility index (Phi) is 5.08. The number of aliphatic hydroxyl groups excluding tert-OH is 1. The van der Waals surface area contributed by atoms with Crippen molar-refractivity contribution in [1.82, 2.24) is 10.6 Å². The molecule has 2 aliphatic carbocycles. The molecule has 2 saturated carbocycles. The average Bonchev–Trinajstić information content (AvgIpc) is 2.85. The fraction of sp³-hybridized carbons (Fsp3) is 0.933. The van der Waals surface area contributed by atoms with Crippen LogP contribution in [0.25, 0.3) is 0 Å². The topological polar surface area (TPSA) is 61.4 Å². The number of nitrogens with one attached hydrogen (secondary N) is 2. The Bertz CT molecular complexity index is 301. The third kappa shape index (κ3) is 4.10. The molecule has 2 rings (SSSR count). The molecule has 0 aromatic rings. The molecule has 0 saturated heterocycles. The number of amides is 2. The van der Waals surface area contributed by atoms with E-state index in [-0.39, 0.29) is 24.6 Å². The Morgan fingerprint density at radius 1 is 1.21 bits per heavy atom. The van der Waals surface area contributed by atoms with Gasteiger partial charge in [0.25, 0.3) is 0 Å². The lowest BCUT2D eigenvalue weighted by Gasteiger charge is -2.31. The summed E-state index contributed by atoms with van der Waals surface area (Å²) in [4.78, 5) is 12.0. The van der Waals surface area contributed by atoms with Crippen LogP contribution in [0, 0.1) is 11.3 Å². The predicted octanol–water partition coefficient (Wildman–Crippen LogP) is 2.42. The second-order valence-electron chi connectivity index (χ2n) is 6.68. The largest absolute Gasteiger partial charge is 0.396 e. The molecule has 110 valence electrons. The summed E-state index contributed by atoms with van der Waals surface area (Å²) in [5, 5.41) is 15.4. The minimum atomic E-state index is -0.0570. The van der Waals surface area contributed by atoms with Crippen molar-refractivity contribution >= 4 is 6.03 Å². The first-order chi connectivity index (χ1) is 9.13. The first-order valence-corrected chi connectivity index (χ1v) is 7.78. The molecule has 0 aromatic heterocycles. The molecule has 2 unspecified atom stereocenters. The van der Waals surface area contributed by atoms with Crippen LogP contribution in [0.2, 0.25) is 0 Å². The number of aliphatic hydroxyl groups is 1. The van der Waals surface area contributed by atoms with Gasteiger partial charge in [-0.25, -0.2) is 4.79 Å². The van der Waals surface area contributed by atoms with Crippen molar-refractivity contribution in [3.05, 3.63) is 0 Å². The van der Waals surface area contributed by atoms with E-state index >= 15 is 0 Å². The van der Waals surface area contributed by atoms with Gasteiger partial charge in [-0.3, -0.25) is 0 Å². The number of hydrogen-bond donors (Lipinski definition) is 3. The van der Waals surface area contributed by atoms with Gasteiger partial charge in [-0.2, -0.15) is 0 Å². The Labute approximate surface area is 116 Å². The summed E-state index contributed by atoms with van der Waals surface area (Å²) in [6.45, 7) is 3.22. The normalized spacial score (nSPS) is 30.0. The van der Waals surface area contributed by atoms with E-state index in [1.807, 2.05) is 0 Å². The van der Waals surface area contributed by atoms with Gasteiger partial charge in [0.1, 0.15) is 0 Å². The fourth-order valence-electron chi connectivity index (χ4n) is 3.53. The monoisotopic (exact) mass is 268 g/mol. The van der Waals surface area contributed by atoms with Gasteiger partial charge in [0, 0.05) is 25.1 Å². The second kappa shape index (κ2) is 6.60. The van der Waals surface area contributed by atoms with Crippen LogP contribution in [-0.4, -0.2) is 30.3 Å². The maximum atomic E-state index is 12.0. The predicted molar refractivity (Wildman–Crippen MR) is 75.9 cm³/mol. The van der Waals surface area contributed by atoms with E-state index in [1.165, 1.54) is 32.1 Å². The highest BCUT2D eigenvalue weighted by Crippen LogP contribution is 2.36. The van der Waals surface area contributed by atoms with Crippen molar-refractivity contribution in [3.8, 4) is 0 Å². The van der Waals surface area contributed by atoms with Gasteiger partial charge in [-0.1, -0.05) is 32.6 Å². The van der Waals surface area contributed by atoms with Crippen LogP contribution < -0.4 is 10.6 Å². The molecular formula is C15H28N2O2. The zero-order chi connectivity index (χ0) is 13.7. The van der Waals surface area contributed by atoms with Gasteiger partial charge < -0.3 is 15.7 Å². The van der Waals surface area contributed by atoms with Crippen molar-refractivity contribution in [2.75, 3.05) is 13.2 Å². The van der Waals surface area contributed by atoms with E-state index in [0.717, 1.165) is 25.8 Å². The van der Waals surface area contributed by atoms with Crippen LogP contribution in [0.4, 0.5) is 4.79 Å². The molecule has 3 N–H and O–H groups in total. The van der Waals surface area contributed by atoms with E-state index in [0.29, 0.717) is 5.41 Å². The van der Waals surface area contributed by atoms with E-state index in [1.54, 1.807) is 0 Å². The summed E-state index contributed by atoms with van der Waals surface area (Å²) < 4.78 is 0. The Morgan fingerprint density at radius 3 is 2.58 bits per heavy atom. The van der Waals surface area contributed by atoms with Crippen LogP contribution in [-0.2, 0) is 0 Å². The zero-order valence-corrected chi connectivity index (χ0v) is 12.1. The molecule has 19 heavy (non-hydrogen) atoms. The highest BCUT2D eigenvalue weighted by Gasteiger charge is 2.30. The number of urea groups is 1. The molecule has 2 fully saturated rings. The van der Waals surface area contributed by atoms with Crippen molar-refractivity contribution in [2.24, 2.45) is 11.3 Å². The van der Waals surface area contributed by atoms with Crippen LogP contribution in [0.15, 0.2) is 0 Å². The minimum Gasteiger partial charge on any atom is -0.396 e. The van der Waals surface area contributed by atoms with Crippen LogP contribution in [0.5, 0.6) is 0 Å². The Morgan fingerprint density at radius 2 is 1.89 bits per heavy atom. The van der Waals surface area contributed by atoms with Gasteiger partial charge in [0.15, 0.2) is 0 Å². The molecule has 0 spiro atoms. The van der Waals surface area contributed by atoms with Crippen LogP contribution >= 0.6 is 0 Å². The molecule has 0 aromatic carbocycles. The smallest absolute Gasteiger partial charge is 0.315 e. The highest BCUT2D eigenvalue weighted by atomic mass is 16.3. The highest BCUT2D eigenvalue weighted by molar-refractivity contribution is 5.74. The SMILES string of the molecule is CC1(CNC(=O)NC2CCCCC2CO)CCCC1. The molecule has 0 bridgehead atoms. The lowest BCUT2D eigenvalue weighted by atomic mass is 9.85. The quantitative estimate of drug-likeness (QED) is 0.733. The Hall–Kier alpha value is -0.770. The van der Waals surface area contributed by atoms with Gasteiger partial charge in [0.05, 0.1) is 0 Å². The van der Waals surface area contributed by atoms with E-state index < -0.39 is 0 Å². The average molecular weight is 268 g/mol. The van der Waals surface area contributed by atoms with Crippen molar-refractivity contribution in [3.63, 3.8) is 0 Å². The fourth-order valence-corrected chi connectivity index (χ4v) is 3.53. The summed E-state index contributed by atoms with van der Waals surface area (Å²) in [6, 6.07) is 0.0913. The summed E-state index contributed by atoms with van der Waals surface area (Å²) in [5.74, 6) is 0.238. The zero-order valence-electron chi connectivity index (χ0n) is 12.1. The molecule has 2 aliphatic rings. The molecule has 2 amide bonds. The molecule has 0 radical (unpaired) electrons. The van der Waals surface area contributed by atoms with Crippen molar-refractivity contribution < 1.29 is 9.90 Å². The van der Waals surface area contributed by atoms with E-state index in [4.69, 9.17) is 0 Å². The minimum absolute atomic E-state index is 0.0570. The first-order valence-electron chi connectivity index (χ1n) is 7.78. The van der Waals surface area contributed by atoms with Gasteiger partial charge in [0.2, 0.25) is 0 Å². The Balaban J connectivity index is 1.74. The maximum absolute atomic E-state index is 12.0. The van der Waals surface area contributed by atoms with E-state index in [9.17, 15) is 9.90 Å². The van der Waals surface area contributed by atoms with Crippen LogP contribution in [0.3, 0.4) is 0 Å². The molecule has 0 aliphatic heterocycles. The molecule has 2 atom stereocenters. The molecule has 4 nitrogen and oxygen atoms in total. The lowest BCUT2D eigenvalue weighted by Crippen LogP contribution is -2.49. The summed E-state index contributed by atoms with van der Waals surface area (Å²) >= 11 is 0. The second-order valence-corrected chi connectivity index (χ2v) is 6.68. The van der Waals surface area contributed by atoms with E-state index in [2.05, 4.69) is 17.6 Å². The summed E-state index contributed by atoms with van der Waals surface area (Å²) in [5.41, 5.74) is 0.292. The van der Waals surface area contributed by atoms with Gasteiger partial charge in [-0.15, -0.1) is 0 Å². The molecular weight excluding hydrogens is 240 g/mol. The molecule has 4 heteroatoms. The first kappa shape index (κ1) is 14.6. The molecule has 0 heterocycles. The number of hydrogen-bond acceptors (Lipinski definition) is 2. The number of rotatable bonds is 4. The number of carbonyl (C=O) groups excluding carboxylic acids is 1. The summed E-state index contributed by atoms with van der Waals surface area (Å²) in [6.07, 6.45) is 9.35. The maximum Gasteiger partial charge on any atom is 0.315 e. The number of carbonyl (C=O) groups is 1. The standard InChI is InChI=1S/C15H28N2O2/c1-15(8-4-5-9-15)11-16-14(19)17-13-7-3-2-6-12(13)10-18/h12-13,18H,2-11H2,1H3,(H2,16,17,19). The van der Waals surface area contributed by atoms with Gasteiger partial charge >= 0.3 is 6.03 Å². The summed E-state index contributed by atoms with van der Waals surface area (Å²) in [7, 11) is 0. The van der Waals surface area contributed by atoms with Crippen LogP contribution in [0.1, 0.15) is 58.3 Å².